The minimum atomic E-state index is 0.0931. The number of nitrogens with zero attached hydrogens (tertiary/aromatic N) is 1. The fourth-order valence-electron chi connectivity index (χ4n) is 2.14. The molecule has 1 aromatic heterocycles. The third kappa shape index (κ3) is 4.95. The first kappa shape index (κ1) is 16.2. The second-order valence-electron chi connectivity index (χ2n) is 5.99. The van der Waals surface area contributed by atoms with E-state index in [0.717, 1.165) is 34.5 Å². The topological polar surface area (TPSA) is 60.9 Å². The number of aliphatic hydroxyl groups is 1. The molecule has 0 radical (unpaired) electrons. The highest BCUT2D eigenvalue weighted by molar-refractivity contribution is 9.10. The maximum atomic E-state index is 9.02. The van der Waals surface area contributed by atoms with Crippen molar-refractivity contribution in [2.75, 3.05) is 13.2 Å². The molecular formula is C16H22BrN3O. The van der Waals surface area contributed by atoms with Crippen molar-refractivity contribution >= 4 is 15.9 Å². The maximum absolute atomic E-state index is 9.02. The SMILES string of the molecule is CC(C)(CCO)CNCc1ncc(-c2ccc(Br)cc2)[nH]1. The highest BCUT2D eigenvalue weighted by Crippen LogP contribution is 2.20. The summed E-state index contributed by atoms with van der Waals surface area (Å²) in [6, 6.07) is 8.15. The number of nitrogens with one attached hydrogen (secondary N) is 2. The van der Waals surface area contributed by atoms with Gasteiger partial charge in [-0.3, -0.25) is 0 Å². The highest BCUT2D eigenvalue weighted by Gasteiger charge is 2.16. The molecular weight excluding hydrogens is 330 g/mol. The van der Waals surface area contributed by atoms with Crippen LogP contribution in [-0.2, 0) is 6.54 Å². The van der Waals surface area contributed by atoms with Gasteiger partial charge < -0.3 is 15.4 Å². The number of aromatic nitrogens is 2. The Morgan fingerprint density at radius 1 is 1.29 bits per heavy atom. The Bertz CT molecular complexity index is 563. The molecule has 114 valence electrons. The molecule has 5 heteroatoms. The number of halogens is 1. The van der Waals surface area contributed by atoms with Crippen LogP contribution in [0.3, 0.4) is 0 Å². The molecule has 0 aliphatic rings. The smallest absolute Gasteiger partial charge is 0.120 e. The van der Waals surface area contributed by atoms with Crippen LogP contribution in [0.2, 0.25) is 0 Å². The second-order valence-corrected chi connectivity index (χ2v) is 6.91. The average molecular weight is 352 g/mol. The van der Waals surface area contributed by atoms with Gasteiger partial charge in [-0.15, -0.1) is 0 Å². The molecule has 0 atom stereocenters. The lowest BCUT2D eigenvalue weighted by molar-refractivity contribution is 0.207. The summed E-state index contributed by atoms with van der Waals surface area (Å²) < 4.78 is 1.07. The molecule has 3 N–H and O–H groups in total. The molecule has 1 heterocycles. The van der Waals surface area contributed by atoms with Crippen LogP contribution in [0.25, 0.3) is 11.3 Å². The first-order valence-corrected chi connectivity index (χ1v) is 7.91. The van der Waals surface area contributed by atoms with Crippen molar-refractivity contribution in [1.82, 2.24) is 15.3 Å². The van der Waals surface area contributed by atoms with Gasteiger partial charge in [0.05, 0.1) is 18.4 Å². The predicted molar refractivity (Wildman–Crippen MR) is 88.9 cm³/mol. The number of hydrogen-bond acceptors (Lipinski definition) is 3. The van der Waals surface area contributed by atoms with E-state index in [1.165, 1.54) is 0 Å². The van der Waals surface area contributed by atoms with Crippen LogP contribution in [-0.4, -0.2) is 28.2 Å². The van der Waals surface area contributed by atoms with Gasteiger partial charge in [0.25, 0.3) is 0 Å². The summed E-state index contributed by atoms with van der Waals surface area (Å²) >= 11 is 3.43. The lowest BCUT2D eigenvalue weighted by Gasteiger charge is -2.23. The minimum Gasteiger partial charge on any atom is -0.396 e. The van der Waals surface area contributed by atoms with Crippen LogP contribution in [0.15, 0.2) is 34.9 Å². The van der Waals surface area contributed by atoms with E-state index in [9.17, 15) is 0 Å². The Hall–Kier alpha value is -1.17. The molecule has 21 heavy (non-hydrogen) atoms. The van der Waals surface area contributed by atoms with Crippen LogP contribution in [0.1, 0.15) is 26.1 Å². The first-order chi connectivity index (χ1) is 10.00. The monoisotopic (exact) mass is 351 g/mol. The first-order valence-electron chi connectivity index (χ1n) is 7.11. The lowest BCUT2D eigenvalue weighted by atomic mass is 9.90. The van der Waals surface area contributed by atoms with Gasteiger partial charge in [0, 0.05) is 17.6 Å². The van der Waals surface area contributed by atoms with E-state index >= 15 is 0 Å². The van der Waals surface area contributed by atoms with Crippen LogP contribution in [0.5, 0.6) is 0 Å². The van der Waals surface area contributed by atoms with Gasteiger partial charge >= 0.3 is 0 Å². The zero-order chi connectivity index (χ0) is 15.3. The standard InChI is InChI=1S/C16H22BrN3O/c1-16(2,7-8-21)11-18-10-15-19-9-14(20-15)12-3-5-13(17)6-4-12/h3-6,9,18,21H,7-8,10-11H2,1-2H3,(H,19,20). The molecule has 0 unspecified atom stereocenters. The van der Waals surface area contributed by atoms with Gasteiger partial charge in [-0.25, -0.2) is 4.98 Å². The van der Waals surface area contributed by atoms with Crippen molar-refractivity contribution in [2.24, 2.45) is 5.41 Å². The fourth-order valence-corrected chi connectivity index (χ4v) is 2.40. The number of benzene rings is 1. The van der Waals surface area contributed by atoms with Gasteiger partial charge in [-0.2, -0.15) is 0 Å². The molecule has 1 aromatic carbocycles. The van der Waals surface area contributed by atoms with E-state index in [1.54, 1.807) is 0 Å². The highest BCUT2D eigenvalue weighted by atomic mass is 79.9. The molecule has 4 nitrogen and oxygen atoms in total. The van der Waals surface area contributed by atoms with Crippen molar-refractivity contribution in [3.05, 3.63) is 40.8 Å². The van der Waals surface area contributed by atoms with Crippen molar-refractivity contribution < 1.29 is 5.11 Å². The summed E-state index contributed by atoms with van der Waals surface area (Å²) in [5, 5.41) is 12.4. The predicted octanol–water partition coefficient (Wildman–Crippen LogP) is 3.34. The van der Waals surface area contributed by atoms with Gasteiger partial charge in [-0.1, -0.05) is 41.9 Å². The third-order valence-electron chi connectivity index (χ3n) is 3.47. The molecule has 0 amide bonds. The Morgan fingerprint density at radius 3 is 2.67 bits per heavy atom. The van der Waals surface area contributed by atoms with Crippen LogP contribution < -0.4 is 5.32 Å². The number of rotatable bonds is 7. The summed E-state index contributed by atoms with van der Waals surface area (Å²) in [7, 11) is 0. The van der Waals surface area contributed by atoms with Gasteiger partial charge in [0.15, 0.2) is 0 Å². The molecule has 0 saturated carbocycles. The number of hydrogen-bond donors (Lipinski definition) is 3. The quantitative estimate of drug-likeness (QED) is 0.716. The summed E-state index contributed by atoms with van der Waals surface area (Å²) in [6.07, 6.45) is 2.65. The Morgan fingerprint density at radius 2 is 2.00 bits per heavy atom. The zero-order valence-electron chi connectivity index (χ0n) is 12.5. The van der Waals surface area contributed by atoms with E-state index < -0.39 is 0 Å². The lowest BCUT2D eigenvalue weighted by Crippen LogP contribution is -2.30. The van der Waals surface area contributed by atoms with E-state index in [4.69, 9.17) is 5.11 Å². The summed E-state index contributed by atoms with van der Waals surface area (Å²) in [5.74, 6) is 0.924. The number of imidazole rings is 1. The van der Waals surface area contributed by atoms with Crippen molar-refractivity contribution in [3.8, 4) is 11.3 Å². The van der Waals surface area contributed by atoms with Crippen molar-refractivity contribution in [3.63, 3.8) is 0 Å². The largest absolute Gasteiger partial charge is 0.396 e. The second kappa shape index (κ2) is 7.20. The van der Waals surface area contributed by atoms with Crippen LogP contribution >= 0.6 is 15.9 Å². The van der Waals surface area contributed by atoms with Crippen molar-refractivity contribution in [2.45, 2.75) is 26.8 Å². The zero-order valence-corrected chi connectivity index (χ0v) is 14.1. The molecule has 0 fully saturated rings. The average Bonchev–Trinajstić information content (AvgIpc) is 2.88. The van der Waals surface area contributed by atoms with E-state index in [-0.39, 0.29) is 12.0 Å². The summed E-state index contributed by atoms with van der Waals surface area (Å²) in [6.45, 7) is 6.06. The molecule has 2 rings (SSSR count). The Labute approximate surface area is 134 Å². The fraction of sp³-hybridized carbons (Fsp3) is 0.438. The number of aliphatic hydroxyl groups excluding tert-OH is 1. The summed E-state index contributed by atoms with van der Waals surface area (Å²) in [5.41, 5.74) is 2.24. The Balaban J connectivity index is 1.90. The number of H-pyrrole nitrogens is 1. The van der Waals surface area contributed by atoms with Crippen molar-refractivity contribution in [1.29, 1.82) is 0 Å². The third-order valence-corrected chi connectivity index (χ3v) is 4.00. The van der Waals surface area contributed by atoms with Gasteiger partial charge in [0.1, 0.15) is 5.82 Å². The maximum Gasteiger partial charge on any atom is 0.120 e. The van der Waals surface area contributed by atoms with E-state index in [0.29, 0.717) is 6.54 Å². The molecule has 0 saturated heterocycles. The van der Waals surface area contributed by atoms with Crippen LogP contribution in [0, 0.1) is 5.41 Å². The van der Waals surface area contributed by atoms with Gasteiger partial charge in [0.2, 0.25) is 0 Å². The van der Waals surface area contributed by atoms with Gasteiger partial charge in [-0.05, 0) is 29.5 Å². The molecule has 0 aliphatic heterocycles. The molecule has 0 aliphatic carbocycles. The summed E-state index contributed by atoms with van der Waals surface area (Å²) in [4.78, 5) is 7.73. The van der Waals surface area contributed by atoms with Crippen LogP contribution in [0.4, 0.5) is 0 Å². The van der Waals surface area contributed by atoms with E-state index in [1.807, 2.05) is 18.3 Å². The van der Waals surface area contributed by atoms with E-state index in [2.05, 4.69) is 57.2 Å². The Kier molecular flexibility index (Phi) is 5.56. The molecule has 2 aromatic rings. The molecule has 0 bridgehead atoms. The normalized spacial score (nSPS) is 11.8. The minimum absolute atomic E-state index is 0.0931. The number of aromatic amines is 1. The molecule has 0 spiro atoms.